The number of hydrogen-bond acceptors (Lipinski definition) is 3. The number of halogens is 1. The monoisotopic (exact) mass is 302 g/mol. The Morgan fingerprint density at radius 3 is 2.35 bits per heavy atom. The van der Waals surface area contributed by atoms with E-state index in [0.29, 0.717) is 12.3 Å². The Kier molecular flexibility index (Phi) is 5.15. The van der Waals surface area contributed by atoms with Crippen molar-refractivity contribution in [3.8, 4) is 0 Å². The molecule has 4 nitrogen and oxygen atoms in total. The van der Waals surface area contributed by atoms with E-state index < -0.39 is 15.8 Å². The molecule has 20 heavy (non-hydrogen) atoms. The minimum Gasteiger partial charge on any atom is -0.399 e. The van der Waals surface area contributed by atoms with Crippen LogP contribution < -0.4 is 5.73 Å². The first-order valence-electron chi connectivity index (χ1n) is 6.61. The Morgan fingerprint density at radius 1 is 1.30 bits per heavy atom. The van der Waals surface area contributed by atoms with Gasteiger partial charge in [0.2, 0.25) is 10.0 Å². The van der Waals surface area contributed by atoms with E-state index in [9.17, 15) is 12.8 Å². The van der Waals surface area contributed by atoms with Crippen LogP contribution in [0.25, 0.3) is 0 Å². The fourth-order valence-electron chi connectivity index (χ4n) is 2.17. The van der Waals surface area contributed by atoms with Crippen molar-refractivity contribution in [2.24, 2.45) is 5.92 Å². The standard InChI is InChI=1S/C14H23FN2O2S/c1-9(2)6-11(4)17(5)20(18,19)13-8-12(16)7-10(3)14(13)15/h7-9,11H,6,16H2,1-5H3. The SMILES string of the molecule is Cc1cc(N)cc(S(=O)(=O)N(C)C(C)CC(C)C)c1F. The van der Waals surface area contributed by atoms with E-state index in [2.05, 4.69) is 0 Å². The second-order valence-corrected chi connectivity index (χ2v) is 7.62. The van der Waals surface area contributed by atoms with E-state index in [1.807, 2.05) is 20.8 Å². The van der Waals surface area contributed by atoms with Crippen molar-refractivity contribution in [3.63, 3.8) is 0 Å². The summed E-state index contributed by atoms with van der Waals surface area (Å²) in [5.41, 5.74) is 6.11. The number of nitrogens with two attached hydrogens (primary N) is 1. The highest BCUT2D eigenvalue weighted by atomic mass is 32.2. The van der Waals surface area contributed by atoms with E-state index in [-0.39, 0.29) is 22.2 Å². The molecule has 1 aromatic carbocycles. The molecule has 0 aliphatic rings. The molecular weight excluding hydrogens is 279 g/mol. The number of sulfonamides is 1. The van der Waals surface area contributed by atoms with Crippen molar-refractivity contribution in [2.45, 2.75) is 45.1 Å². The molecule has 1 atom stereocenters. The van der Waals surface area contributed by atoms with Crippen LogP contribution in [0.1, 0.15) is 32.8 Å². The molecule has 0 aliphatic carbocycles. The molecule has 114 valence electrons. The van der Waals surface area contributed by atoms with E-state index in [4.69, 9.17) is 5.73 Å². The van der Waals surface area contributed by atoms with Crippen LogP contribution in [0, 0.1) is 18.7 Å². The molecule has 0 aromatic heterocycles. The molecule has 0 amide bonds. The number of rotatable bonds is 5. The molecule has 1 unspecified atom stereocenters. The zero-order chi connectivity index (χ0) is 15.7. The highest BCUT2D eigenvalue weighted by Crippen LogP contribution is 2.26. The Hall–Kier alpha value is -1.14. The molecule has 6 heteroatoms. The molecule has 2 N–H and O–H groups in total. The van der Waals surface area contributed by atoms with Crippen LogP contribution in [0.4, 0.5) is 10.1 Å². The largest absolute Gasteiger partial charge is 0.399 e. The molecule has 0 fully saturated rings. The lowest BCUT2D eigenvalue weighted by Gasteiger charge is -2.26. The highest BCUT2D eigenvalue weighted by Gasteiger charge is 2.29. The average molecular weight is 302 g/mol. The lowest BCUT2D eigenvalue weighted by atomic mass is 10.1. The molecule has 0 saturated carbocycles. The van der Waals surface area contributed by atoms with E-state index in [1.54, 1.807) is 0 Å². The van der Waals surface area contributed by atoms with Gasteiger partial charge in [-0.05, 0) is 43.9 Å². The number of benzene rings is 1. The van der Waals surface area contributed by atoms with Crippen LogP contribution >= 0.6 is 0 Å². The average Bonchev–Trinajstić information content (AvgIpc) is 2.31. The van der Waals surface area contributed by atoms with Crippen molar-refractivity contribution < 1.29 is 12.8 Å². The van der Waals surface area contributed by atoms with Gasteiger partial charge >= 0.3 is 0 Å². The quantitative estimate of drug-likeness (QED) is 0.851. The highest BCUT2D eigenvalue weighted by molar-refractivity contribution is 7.89. The first kappa shape index (κ1) is 16.9. The van der Waals surface area contributed by atoms with Crippen molar-refractivity contribution in [1.29, 1.82) is 0 Å². The summed E-state index contributed by atoms with van der Waals surface area (Å²) in [5.74, 6) is -0.377. The molecule has 0 aliphatic heterocycles. The summed E-state index contributed by atoms with van der Waals surface area (Å²) >= 11 is 0. The van der Waals surface area contributed by atoms with Gasteiger partial charge in [0, 0.05) is 18.8 Å². The first-order chi connectivity index (χ1) is 9.07. The summed E-state index contributed by atoms with van der Waals surface area (Å²) in [6.45, 7) is 7.35. The maximum Gasteiger partial charge on any atom is 0.246 e. The predicted molar refractivity (Wildman–Crippen MR) is 79.4 cm³/mol. The molecule has 1 aromatic rings. The molecule has 1 rings (SSSR count). The third-order valence-electron chi connectivity index (χ3n) is 3.33. The first-order valence-corrected chi connectivity index (χ1v) is 8.05. The van der Waals surface area contributed by atoms with Crippen molar-refractivity contribution >= 4 is 15.7 Å². The van der Waals surface area contributed by atoms with Crippen LogP contribution in [0.15, 0.2) is 17.0 Å². The summed E-state index contributed by atoms with van der Waals surface area (Å²) < 4.78 is 40.3. The number of nitrogens with zero attached hydrogens (tertiary/aromatic N) is 1. The van der Waals surface area contributed by atoms with Crippen molar-refractivity contribution in [2.75, 3.05) is 12.8 Å². The number of aryl methyl sites for hydroxylation is 1. The Bertz CT molecular complexity index is 585. The smallest absolute Gasteiger partial charge is 0.246 e. The second-order valence-electron chi connectivity index (χ2n) is 5.65. The van der Waals surface area contributed by atoms with Gasteiger partial charge in [-0.15, -0.1) is 0 Å². The van der Waals surface area contributed by atoms with Gasteiger partial charge in [0.1, 0.15) is 10.7 Å². The van der Waals surface area contributed by atoms with Crippen molar-refractivity contribution in [1.82, 2.24) is 4.31 Å². The topological polar surface area (TPSA) is 63.4 Å². The Labute approximate surface area is 120 Å². The summed E-state index contributed by atoms with van der Waals surface area (Å²) in [7, 11) is -2.41. The Morgan fingerprint density at radius 2 is 1.85 bits per heavy atom. The molecule has 0 bridgehead atoms. The Balaban J connectivity index is 3.23. The molecule has 0 saturated heterocycles. The van der Waals surface area contributed by atoms with E-state index in [0.717, 1.165) is 0 Å². The number of hydrogen-bond donors (Lipinski definition) is 1. The number of nitrogen functional groups attached to an aromatic ring is 1. The van der Waals surface area contributed by atoms with Gasteiger partial charge in [-0.3, -0.25) is 0 Å². The van der Waals surface area contributed by atoms with Crippen LogP contribution in [-0.2, 0) is 10.0 Å². The maximum atomic E-state index is 14.1. The van der Waals surface area contributed by atoms with Crippen LogP contribution in [-0.4, -0.2) is 25.8 Å². The van der Waals surface area contributed by atoms with E-state index >= 15 is 0 Å². The third-order valence-corrected chi connectivity index (χ3v) is 5.30. The maximum absolute atomic E-state index is 14.1. The molecule has 0 spiro atoms. The third kappa shape index (κ3) is 3.49. The number of anilines is 1. The van der Waals surface area contributed by atoms with Gasteiger partial charge in [0.25, 0.3) is 0 Å². The second kappa shape index (κ2) is 6.10. The van der Waals surface area contributed by atoms with Crippen LogP contribution in [0.5, 0.6) is 0 Å². The van der Waals surface area contributed by atoms with E-state index in [1.165, 1.54) is 30.4 Å². The fraction of sp³-hybridized carbons (Fsp3) is 0.571. The van der Waals surface area contributed by atoms with Gasteiger partial charge in [0.05, 0.1) is 0 Å². The minimum atomic E-state index is -3.88. The fourth-order valence-corrected chi connectivity index (χ4v) is 3.72. The lowest BCUT2D eigenvalue weighted by molar-refractivity contribution is 0.336. The molecular formula is C14H23FN2O2S. The van der Waals surface area contributed by atoms with Crippen molar-refractivity contribution in [3.05, 3.63) is 23.5 Å². The van der Waals surface area contributed by atoms with Crippen LogP contribution in [0.3, 0.4) is 0 Å². The summed E-state index contributed by atoms with van der Waals surface area (Å²) in [5, 5.41) is 0. The molecule has 0 radical (unpaired) electrons. The summed E-state index contributed by atoms with van der Waals surface area (Å²) in [4.78, 5) is -0.354. The van der Waals surface area contributed by atoms with Gasteiger partial charge in [0.15, 0.2) is 0 Å². The van der Waals surface area contributed by atoms with Gasteiger partial charge < -0.3 is 5.73 Å². The zero-order valence-corrected chi connectivity index (χ0v) is 13.5. The van der Waals surface area contributed by atoms with Gasteiger partial charge in [-0.2, -0.15) is 4.31 Å². The van der Waals surface area contributed by atoms with Gasteiger partial charge in [-0.1, -0.05) is 13.8 Å². The summed E-state index contributed by atoms with van der Waals surface area (Å²) in [6.07, 6.45) is 0.707. The zero-order valence-electron chi connectivity index (χ0n) is 12.6. The normalized spacial score (nSPS) is 14.0. The molecule has 0 heterocycles. The predicted octanol–water partition coefficient (Wildman–Crippen LogP) is 2.77. The lowest BCUT2D eigenvalue weighted by Crippen LogP contribution is -2.36. The van der Waals surface area contributed by atoms with Crippen LogP contribution in [0.2, 0.25) is 0 Å². The summed E-state index contributed by atoms with van der Waals surface area (Å²) in [6, 6.07) is 2.39. The van der Waals surface area contributed by atoms with Gasteiger partial charge in [-0.25, -0.2) is 12.8 Å². The minimum absolute atomic E-state index is 0.207.